The van der Waals surface area contributed by atoms with E-state index in [1.165, 1.54) is 0 Å². The molecule has 0 saturated heterocycles. The van der Waals surface area contributed by atoms with E-state index in [1.807, 2.05) is 30.5 Å². The molecule has 0 fully saturated rings. The number of pyridine rings is 1. The summed E-state index contributed by atoms with van der Waals surface area (Å²) in [7, 11) is 0. The summed E-state index contributed by atoms with van der Waals surface area (Å²) in [5.74, 6) is -0.959. The molecule has 0 spiro atoms. The van der Waals surface area contributed by atoms with Crippen molar-refractivity contribution in [3.05, 3.63) is 35.5 Å². The molecule has 0 saturated carbocycles. The zero-order chi connectivity index (χ0) is 15.1. The fourth-order valence-corrected chi connectivity index (χ4v) is 2.47. The SMILES string of the molecule is O=C([O-])CCCCCCNc1cc[nH+]c2cc(Cl)ccc12. The van der Waals surface area contributed by atoms with Crippen molar-refractivity contribution in [2.75, 3.05) is 11.9 Å². The lowest BCUT2D eigenvalue weighted by atomic mass is 10.1. The fraction of sp³-hybridized carbons (Fsp3) is 0.375. The third-order valence-corrected chi connectivity index (χ3v) is 3.62. The van der Waals surface area contributed by atoms with Crippen molar-refractivity contribution in [1.29, 1.82) is 0 Å². The van der Waals surface area contributed by atoms with Gasteiger partial charge in [-0.25, -0.2) is 4.98 Å². The number of aromatic amines is 1. The van der Waals surface area contributed by atoms with Gasteiger partial charge >= 0.3 is 0 Å². The molecule has 0 aliphatic carbocycles. The molecule has 0 amide bonds. The van der Waals surface area contributed by atoms with Crippen LogP contribution in [0.2, 0.25) is 5.02 Å². The van der Waals surface area contributed by atoms with Crippen molar-refractivity contribution in [1.82, 2.24) is 0 Å². The molecule has 1 aromatic heterocycles. The number of unbranched alkanes of at least 4 members (excludes halogenated alkanes) is 3. The number of benzene rings is 1. The number of anilines is 1. The normalized spacial score (nSPS) is 10.7. The summed E-state index contributed by atoms with van der Waals surface area (Å²) >= 11 is 5.98. The number of carboxylic acid groups (broad SMARTS) is 1. The number of carbonyl (C=O) groups excluding carboxylic acids is 1. The second-order valence-corrected chi connectivity index (χ2v) is 5.48. The van der Waals surface area contributed by atoms with Crippen molar-refractivity contribution in [2.45, 2.75) is 32.1 Å². The third-order valence-electron chi connectivity index (χ3n) is 3.38. The van der Waals surface area contributed by atoms with Crippen LogP contribution >= 0.6 is 11.6 Å². The summed E-state index contributed by atoms with van der Waals surface area (Å²) in [5.41, 5.74) is 2.08. The van der Waals surface area contributed by atoms with Gasteiger partial charge in [0.15, 0.2) is 6.20 Å². The molecule has 21 heavy (non-hydrogen) atoms. The highest BCUT2D eigenvalue weighted by atomic mass is 35.5. The molecule has 2 N–H and O–H groups in total. The summed E-state index contributed by atoms with van der Waals surface area (Å²) in [6.45, 7) is 0.868. The van der Waals surface area contributed by atoms with Gasteiger partial charge in [0.2, 0.25) is 5.52 Å². The van der Waals surface area contributed by atoms with Crippen LogP contribution in [0.25, 0.3) is 10.9 Å². The van der Waals surface area contributed by atoms with Crippen molar-refractivity contribution in [3.8, 4) is 0 Å². The number of hydrogen-bond donors (Lipinski definition) is 1. The lowest BCUT2D eigenvalue weighted by Gasteiger charge is -2.07. The van der Waals surface area contributed by atoms with E-state index < -0.39 is 5.97 Å². The Balaban J connectivity index is 1.80. The maximum atomic E-state index is 10.3. The number of carboxylic acids is 1. The highest BCUT2D eigenvalue weighted by Crippen LogP contribution is 2.22. The van der Waals surface area contributed by atoms with Gasteiger partial charge in [-0.05, 0) is 31.4 Å². The Morgan fingerprint density at radius 2 is 2.00 bits per heavy atom. The Morgan fingerprint density at radius 3 is 2.81 bits per heavy atom. The summed E-state index contributed by atoms with van der Waals surface area (Å²) in [6.07, 6.45) is 5.70. The van der Waals surface area contributed by atoms with E-state index in [9.17, 15) is 9.90 Å². The van der Waals surface area contributed by atoms with E-state index in [4.69, 9.17) is 11.6 Å². The number of hydrogen-bond acceptors (Lipinski definition) is 3. The van der Waals surface area contributed by atoms with Crippen LogP contribution < -0.4 is 15.4 Å². The number of fused-ring (bicyclic) bond motifs is 1. The van der Waals surface area contributed by atoms with Gasteiger partial charge in [0, 0.05) is 29.7 Å². The van der Waals surface area contributed by atoms with Crippen LogP contribution in [0.15, 0.2) is 30.5 Å². The van der Waals surface area contributed by atoms with E-state index >= 15 is 0 Å². The van der Waals surface area contributed by atoms with Gasteiger partial charge in [0.1, 0.15) is 0 Å². The third kappa shape index (κ3) is 4.90. The minimum atomic E-state index is -0.959. The van der Waals surface area contributed by atoms with E-state index in [0.717, 1.165) is 42.4 Å². The number of rotatable bonds is 8. The molecule has 0 aliphatic heterocycles. The molecule has 5 heteroatoms. The average molecular weight is 307 g/mol. The van der Waals surface area contributed by atoms with Gasteiger partial charge in [0.25, 0.3) is 0 Å². The Labute approximate surface area is 129 Å². The van der Waals surface area contributed by atoms with Crippen LogP contribution in [0.1, 0.15) is 32.1 Å². The largest absolute Gasteiger partial charge is 0.550 e. The van der Waals surface area contributed by atoms with Crippen LogP contribution in [0.5, 0.6) is 0 Å². The second kappa shape index (κ2) is 7.84. The first-order valence-electron chi connectivity index (χ1n) is 7.20. The van der Waals surface area contributed by atoms with Gasteiger partial charge < -0.3 is 15.2 Å². The lowest BCUT2D eigenvalue weighted by molar-refractivity contribution is -0.344. The Kier molecular flexibility index (Phi) is 5.81. The second-order valence-electron chi connectivity index (χ2n) is 5.04. The van der Waals surface area contributed by atoms with Crippen molar-refractivity contribution in [2.24, 2.45) is 0 Å². The monoisotopic (exact) mass is 306 g/mol. The van der Waals surface area contributed by atoms with Gasteiger partial charge in [-0.2, -0.15) is 0 Å². The van der Waals surface area contributed by atoms with Crippen LogP contribution in [-0.4, -0.2) is 12.5 Å². The zero-order valence-corrected chi connectivity index (χ0v) is 12.6. The first kappa shape index (κ1) is 15.6. The number of carbonyl (C=O) groups is 1. The molecular formula is C16H19ClN2O2. The summed E-state index contributed by atoms with van der Waals surface area (Å²) < 4.78 is 0. The summed E-state index contributed by atoms with van der Waals surface area (Å²) in [6, 6.07) is 7.79. The molecule has 2 rings (SSSR count). The molecule has 0 atom stereocenters. The van der Waals surface area contributed by atoms with Gasteiger partial charge in [0.05, 0.1) is 11.1 Å². The van der Waals surface area contributed by atoms with Crippen LogP contribution in [-0.2, 0) is 4.79 Å². The van der Waals surface area contributed by atoms with E-state index in [0.29, 0.717) is 11.4 Å². The predicted molar refractivity (Wildman–Crippen MR) is 82.1 cm³/mol. The summed E-state index contributed by atoms with van der Waals surface area (Å²) in [5, 5.41) is 15.5. The average Bonchev–Trinajstić information content (AvgIpc) is 2.45. The zero-order valence-electron chi connectivity index (χ0n) is 11.8. The first-order valence-corrected chi connectivity index (χ1v) is 7.58. The van der Waals surface area contributed by atoms with Crippen molar-refractivity contribution in [3.63, 3.8) is 0 Å². The van der Waals surface area contributed by atoms with E-state index in [-0.39, 0.29) is 6.42 Å². The molecule has 4 nitrogen and oxygen atoms in total. The predicted octanol–water partition coefficient (Wildman–Crippen LogP) is 2.42. The molecule has 1 heterocycles. The molecule has 112 valence electrons. The molecular weight excluding hydrogens is 288 g/mol. The fourth-order valence-electron chi connectivity index (χ4n) is 2.30. The molecule has 0 bridgehead atoms. The molecule has 2 aromatic rings. The van der Waals surface area contributed by atoms with E-state index in [1.54, 1.807) is 0 Å². The van der Waals surface area contributed by atoms with Crippen LogP contribution in [0.4, 0.5) is 5.69 Å². The van der Waals surface area contributed by atoms with Gasteiger partial charge in [-0.3, -0.25) is 0 Å². The van der Waals surface area contributed by atoms with Crippen LogP contribution in [0.3, 0.4) is 0 Å². The smallest absolute Gasteiger partial charge is 0.214 e. The number of halogens is 1. The Bertz CT molecular complexity index is 616. The van der Waals surface area contributed by atoms with Gasteiger partial charge in [-0.1, -0.05) is 24.4 Å². The van der Waals surface area contributed by atoms with Crippen molar-refractivity contribution >= 4 is 34.2 Å². The number of H-pyrrole nitrogens is 1. The molecule has 0 aliphatic rings. The minimum Gasteiger partial charge on any atom is -0.550 e. The number of aromatic nitrogens is 1. The Hall–Kier alpha value is -1.81. The van der Waals surface area contributed by atoms with E-state index in [2.05, 4.69) is 10.3 Å². The highest BCUT2D eigenvalue weighted by molar-refractivity contribution is 6.31. The van der Waals surface area contributed by atoms with Crippen LogP contribution in [0, 0.1) is 0 Å². The number of aliphatic carboxylic acids is 1. The lowest BCUT2D eigenvalue weighted by Crippen LogP contribution is -2.21. The quantitative estimate of drug-likeness (QED) is 0.762. The van der Waals surface area contributed by atoms with Gasteiger partial charge in [-0.15, -0.1) is 0 Å². The molecule has 0 radical (unpaired) electrons. The molecule has 1 aromatic carbocycles. The Morgan fingerprint density at radius 1 is 1.19 bits per heavy atom. The minimum absolute atomic E-state index is 0.160. The topological polar surface area (TPSA) is 66.3 Å². The maximum Gasteiger partial charge on any atom is 0.214 e. The molecule has 0 unspecified atom stereocenters. The standard InChI is InChI=1S/C16H19ClN2O2/c17-12-6-7-13-14(8-10-19-15(13)11-12)18-9-4-2-1-3-5-16(20)21/h6-8,10-11H,1-5,9H2,(H,18,19)(H,20,21). The first-order chi connectivity index (χ1) is 10.2. The summed E-state index contributed by atoms with van der Waals surface area (Å²) in [4.78, 5) is 13.5. The highest BCUT2D eigenvalue weighted by Gasteiger charge is 2.06. The maximum absolute atomic E-state index is 10.3. The number of nitrogens with one attached hydrogen (secondary N) is 2. The van der Waals surface area contributed by atoms with Crippen molar-refractivity contribution < 1.29 is 14.9 Å².